The Morgan fingerprint density at radius 2 is 2.03 bits per heavy atom. The van der Waals surface area contributed by atoms with E-state index in [-0.39, 0.29) is 17.9 Å². The Bertz CT molecular complexity index is 1550. The van der Waals surface area contributed by atoms with E-state index in [4.69, 9.17) is 17.3 Å². The van der Waals surface area contributed by atoms with E-state index in [1.54, 1.807) is 18.5 Å². The fourth-order valence-electron chi connectivity index (χ4n) is 3.88. The molecule has 0 radical (unpaired) electrons. The number of imidazole rings is 1. The standard InChI is InChI=1S/C23H18ClF2N7O2/c24-14-5-12-7-15(8-28-22(34)16-3-1-2-4-17(16)35-23(25)26)32-18(12)13(6-14)9-33-11-31-19-20(27)29-10-30-21(19)33/h1-7,10-11,23,32H,8-9H2,(H,28,34)(H2,27,29,30). The number of aromatic nitrogens is 5. The van der Waals surface area contributed by atoms with Gasteiger partial charge in [0, 0.05) is 16.1 Å². The molecule has 9 nitrogen and oxygen atoms in total. The zero-order valence-electron chi connectivity index (χ0n) is 18.0. The third kappa shape index (κ3) is 4.58. The van der Waals surface area contributed by atoms with Crippen molar-refractivity contribution < 1.29 is 18.3 Å². The Morgan fingerprint density at radius 3 is 2.86 bits per heavy atom. The van der Waals surface area contributed by atoms with E-state index in [1.165, 1.54) is 24.5 Å². The van der Waals surface area contributed by atoms with Gasteiger partial charge < -0.3 is 25.3 Å². The fraction of sp³-hybridized carbons (Fsp3) is 0.130. The van der Waals surface area contributed by atoms with Crippen molar-refractivity contribution in [3.63, 3.8) is 0 Å². The molecule has 2 aromatic carbocycles. The molecular weight excluding hydrogens is 480 g/mol. The Hall–Kier alpha value is -4.25. The summed E-state index contributed by atoms with van der Waals surface area (Å²) >= 11 is 6.35. The number of aromatic amines is 1. The lowest BCUT2D eigenvalue weighted by molar-refractivity contribution is -0.0501. The van der Waals surface area contributed by atoms with Crippen LogP contribution < -0.4 is 15.8 Å². The van der Waals surface area contributed by atoms with Crippen molar-refractivity contribution in [2.45, 2.75) is 19.7 Å². The number of benzene rings is 2. The van der Waals surface area contributed by atoms with Crippen LogP contribution in [-0.2, 0) is 13.1 Å². The van der Waals surface area contributed by atoms with Crippen LogP contribution in [0.15, 0.2) is 55.1 Å². The van der Waals surface area contributed by atoms with E-state index in [2.05, 4.69) is 30.0 Å². The average molecular weight is 498 g/mol. The summed E-state index contributed by atoms with van der Waals surface area (Å²) in [6.45, 7) is -2.49. The van der Waals surface area contributed by atoms with Gasteiger partial charge in [-0.2, -0.15) is 8.78 Å². The van der Waals surface area contributed by atoms with E-state index in [1.807, 2.05) is 16.7 Å². The number of nitrogen functional groups attached to an aromatic ring is 1. The van der Waals surface area contributed by atoms with Crippen LogP contribution in [0.2, 0.25) is 5.02 Å². The Balaban J connectivity index is 1.39. The maximum atomic E-state index is 12.7. The summed E-state index contributed by atoms with van der Waals surface area (Å²) < 4.78 is 31.6. The molecule has 0 fully saturated rings. The van der Waals surface area contributed by atoms with Gasteiger partial charge in [-0.15, -0.1) is 0 Å². The molecule has 0 saturated carbocycles. The number of anilines is 1. The predicted molar refractivity (Wildman–Crippen MR) is 126 cm³/mol. The van der Waals surface area contributed by atoms with Gasteiger partial charge in [-0.05, 0) is 35.9 Å². The highest BCUT2D eigenvalue weighted by Crippen LogP contribution is 2.27. The number of hydrogen-bond acceptors (Lipinski definition) is 6. The quantitative estimate of drug-likeness (QED) is 0.311. The second-order valence-electron chi connectivity index (χ2n) is 7.68. The molecule has 0 atom stereocenters. The summed E-state index contributed by atoms with van der Waals surface area (Å²) in [5.41, 5.74) is 9.39. The van der Waals surface area contributed by atoms with Gasteiger partial charge in [0.25, 0.3) is 5.91 Å². The van der Waals surface area contributed by atoms with E-state index in [0.717, 1.165) is 16.5 Å². The van der Waals surface area contributed by atoms with Crippen molar-refractivity contribution in [3.05, 3.63) is 77.0 Å². The number of fused-ring (bicyclic) bond motifs is 2. The summed E-state index contributed by atoms with van der Waals surface area (Å²) in [7, 11) is 0. The first-order valence-electron chi connectivity index (χ1n) is 10.4. The predicted octanol–water partition coefficient (Wildman–Crippen LogP) is 4.12. The van der Waals surface area contributed by atoms with Gasteiger partial charge in [0.2, 0.25) is 0 Å². The van der Waals surface area contributed by atoms with Crippen LogP contribution in [0.25, 0.3) is 22.1 Å². The third-order valence-electron chi connectivity index (χ3n) is 5.39. The van der Waals surface area contributed by atoms with Crippen LogP contribution in [0, 0.1) is 0 Å². The first-order valence-corrected chi connectivity index (χ1v) is 10.8. The minimum atomic E-state index is -3.03. The molecule has 0 unspecified atom stereocenters. The fourth-order valence-corrected chi connectivity index (χ4v) is 4.13. The number of ether oxygens (including phenoxy) is 1. The van der Waals surface area contributed by atoms with Gasteiger partial charge in [-0.1, -0.05) is 23.7 Å². The minimum absolute atomic E-state index is 0.0147. The number of nitrogens with two attached hydrogens (primary N) is 1. The van der Waals surface area contributed by atoms with E-state index in [0.29, 0.717) is 34.2 Å². The monoisotopic (exact) mass is 497 g/mol. The molecule has 12 heteroatoms. The van der Waals surface area contributed by atoms with Crippen molar-refractivity contribution in [2.24, 2.45) is 0 Å². The minimum Gasteiger partial charge on any atom is -0.434 e. The van der Waals surface area contributed by atoms with Crippen molar-refractivity contribution in [2.75, 3.05) is 5.73 Å². The molecule has 35 heavy (non-hydrogen) atoms. The smallest absolute Gasteiger partial charge is 0.387 e. The molecule has 178 valence electrons. The summed E-state index contributed by atoms with van der Waals surface area (Å²) in [5.74, 6) is -0.438. The second-order valence-corrected chi connectivity index (χ2v) is 8.12. The molecule has 0 aliphatic carbocycles. The first-order chi connectivity index (χ1) is 16.9. The number of amides is 1. The summed E-state index contributed by atoms with van der Waals surface area (Å²) in [6.07, 6.45) is 3.01. The molecule has 0 saturated heterocycles. The lowest BCUT2D eigenvalue weighted by atomic mass is 10.1. The molecule has 0 spiro atoms. The number of hydrogen-bond donors (Lipinski definition) is 3. The SMILES string of the molecule is Nc1ncnc2c1ncn2Cc1cc(Cl)cc2cc(CNC(=O)c3ccccc3OC(F)F)[nH]c12. The number of rotatable bonds is 7. The molecule has 5 rings (SSSR count). The molecule has 0 bridgehead atoms. The summed E-state index contributed by atoms with van der Waals surface area (Å²) in [4.78, 5) is 28.4. The van der Waals surface area contributed by atoms with Crippen molar-refractivity contribution in [1.82, 2.24) is 29.8 Å². The second kappa shape index (κ2) is 9.18. The molecule has 4 N–H and O–H groups in total. The number of carbonyl (C=O) groups is 1. The number of nitrogens with zero attached hydrogens (tertiary/aromatic N) is 4. The van der Waals surface area contributed by atoms with Crippen molar-refractivity contribution in [3.8, 4) is 5.75 Å². The summed E-state index contributed by atoms with van der Waals surface area (Å²) in [6, 6.07) is 11.3. The zero-order valence-corrected chi connectivity index (χ0v) is 18.8. The zero-order chi connectivity index (χ0) is 24.5. The number of para-hydroxylation sites is 1. The van der Waals surface area contributed by atoms with Crippen LogP contribution in [-0.4, -0.2) is 37.0 Å². The van der Waals surface area contributed by atoms with Crippen molar-refractivity contribution >= 4 is 45.4 Å². The Morgan fingerprint density at radius 1 is 1.20 bits per heavy atom. The average Bonchev–Trinajstić information content (AvgIpc) is 3.42. The number of carbonyl (C=O) groups excluding carboxylic acids is 1. The molecule has 3 aromatic heterocycles. The highest BCUT2D eigenvalue weighted by Gasteiger charge is 2.16. The lowest BCUT2D eigenvalue weighted by Crippen LogP contribution is -2.24. The number of H-pyrrole nitrogens is 1. The first kappa shape index (κ1) is 22.5. The van der Waals surface area contributed by atoms with Gasteiger partial charge in [0.05, 0.1) is 30.5 Å². The maximum Gasteiger partial charge on any atom is 0.387 e. The van der Waals surface area contributed by atoms with Crippen LogP contribution in [0.5, 0.6) is 5.75 Å². The third-order valence-corrected chi connectivity index (χ3v) is 5.61. The van der Waals surface area contributed by atoms with Gasteiger partial charge in [0.1, 0.15) is 17.6 Å². The van der Waals surface area contributed by atoms with Crippen LogP contribution in [0.1, 0.15) is 21.6 Å². The van der Waals surface area contributed by atoms with E-state index < -0.39 is 12.5 Å². The Kier molecular flexibility index (Phi) is 5.91. The molecule has 3 heterocycles. The lowest BCUT2D eigenvalue weighted by Gasteiger charge is -2.10. The summed E-state index contributed by atoms with van der Waals surface area (Å²) in [5, 5.41) is 4.11. The van der Waals surface area contributed by atoms with Crippen LogP contribution >= 0.6 is 11.6 Å². The molecule has 5 aromatic rings. The van der Waals surface area contributed by atoms with Crippen LogP contribution in [0.4, 0.5) is 14.6 Å². The van der Waals surface area contributed by atoms with Crippen molar-refractivity contribution in [1.29, 1.82) is 0 Å². The van der Waals surface area contributed by atoms with E-state index in [9.17, 15) is 13.6 Å². The van der Waals surface area contributed by atoms with Crippen LogP contribution in [0.3, 0.4) is 0 Å². The number of halogens is 3. The van der Waals surface area contributed by atoms with Gasteiger partial charge in [0.15, 0.2) is 11.5 Å². The maximum absolute atomic E-state index is 12.7. The normalized spacial score (nSPS) is 11.4. The van der Waals surface area contributed by atoms with Gasteiger partial charge >= 0.3 is 6.61 Å². The Labute approximate surface area is 201 Å². The topological polar surface area (TPSA) is 124 Å². The number of alkyl halides is 2. The number of nitrogens with one attached hydrogen (secondary N) is 2. The molecule has 1 amide bonds. The highest BCUT2D eigenvalue weighted by molar-refractivity contribution is 6.31. The van der Waals surface area contributed by atoms with E-state index >= 15 is 0 Å². The largest absolute Gasteiger partial charge is 0.434 e. The molecular formula is C23H18ClF2N7O2. The van der Waals surface area contributed by atoms with Gasteiger partial charge in [-0.25, -0.2) is 15.0 Å². The molecule has 0 aliphatic heterocycles. The highest BCUT2D eigenvalue weighted by atomic mass is 35.5. The van der Waals surface area contributed by atoms with Gasteiger partial charge in [-0.3, -0.25) is 4.79 Å². The molecule has 0 aliphatic rings.